The maximum absolute atomic E-state index is 5.56. The van der Waals surface area contributed by atoms with Crippen LogP contribution >= 0.6 is 34.0 Å². The zero-order valence-electron chi connectivity index (χ0n) is 33.2. The van der Waals surface area contributed by atoms with Gasteiger partial charge in [-0.3, -0.25) is 4.90 Å². The molecule has 0 saturated heterocycles. The molecule has 288 valence electrons. The Hall–Kier alpha value is -6.77. The van der Waals surface area contributed by atoms with Crippen LogP contribution in [0.1, 0.15) is 25.0 Å². The van der Waals surface area contributed by atoms with Crippen molar-refractivity contribution in [1.82, 2.24) is 15.0 Å². The van der Waals surface area contributed by atoms with E-state index in [1.807, 2.05) is 22.7 Å². The van der Waals surface area contributed by atoms with E-state index in [9.17, 15) is 0 Å². The van der Waals surface area contributed by atoms with Gasteiger partial charge in [0.1, 0.15) is 0 Å². The summed E-state index contributed by atoms with van der Waals surface area (Å²) in [5.41, 5.74) is 9.03. The molecular formula is C54H34N4S3. The lowest BCUT2D eigenvalue weighted by molar-refractivity contribution is 0.660. The third kappa shape index (κ3) is 5.24. The smallest absolute Gasteiger partial charge is 0.238 e. The average molecular weight is 835 g/mol. The maximum atomic E-state index is 5.56. The van der Waals surface area contributed by atoms with E-state index in [0.29, 0.717) is 17.6 Å². The molecule has 0 spiro atoms. The van der Waals surface area contributed by atoms with Crippen molar-refractivity contribution in [2.24, 2.45) is 0 Å². The summed E-state index contributed by atoms with van der Waals surface area (Å²) in [5.74, 6) is 1.85. The SMILES string of the molecule is CC1(C)c2ccccc2-c2cc(N(c3nc(-c4ccc5sc6ccccc6c5c4)nc(-c4cccc5c4sc4ccccc45)n3)c3cccc4sc5ccccc5c34)ccc21. The van der Waals surface area contributed by atoms with Crippen molar-refractivity contribution < 1.29 is 0 Å². The van der Waals surface area contributed by atoms with E-state index in [0.717, 1.165) is 22.5 Å². The van der Waals surface area contributed by atoms with Crippen molar-refractivity contribution >= 4 is 112 Å². The van der Waals surface area contributed by atoms with Crippen LogP contribution in [0.2, 0.25) is 0 Å². The summed E-state index contributed by atoms with van der Waals surface area (Å²) in [4.78, 5) is 18.8. The van der Waals surface area contributed by atoms with Crippen molar-refractivity contribution in [1.29, 1.82) is 0 Å². The Morgan fingerprint density at radius 2 is 1.03 bits per heavy atom. The highest BCUT2D eigenvalue weighted by Gasteiger charge is 2.36. The number of aromatic nitrogens is 3. The molecule has 8 aromatic carbocycles. The van der Waals surface area contributed by atoms with Crippen LogP contribution in [0.15, 0.2) is 170 Å². The molecule has 0 bridgehead atoms. The van der Waals surface area contributed by atoms with Crippen LogP contribution in [-0.2, 0) is 5.41 Å². The molecule has 12 aromatic rings. The lowest BCUT2D eigenvalue weighted by atomic mass is 9.82. The summed E-state index contributed by atoms with van der Waals surface area (Å²) in [6.45, 7) is 4.67. The number of rotatable bonds is 5. The monoisotopic (exact) mass is 834 g/mol. The minimum atomic E-state index is -0.125. The van der Waals surface area contributed by atoms with E-state index in [1.165, 1.54) is 82.8 Å². The van der Waals surface area contributed by atoms with E-state index < -0.39 is 0 Å². The number of thiophene rings is 3. The number of nitrogens with zero attached hydrogens (tertiary/aromatic N) is 4. The molecule has 7 heteroatoms. The number of hydrogen-bond acceptors (Lipinski definition) is 7. The molecule has 0 saturated carbocycles. The van der Waals surface area contributed by atoms with E-state index in [2.05, 4.69) is 189 Å². The third-order valence-corrected chi connectivity index (χ3v) is 16.1. The molecule has 0 N–H and O–H groups in total. The molecule has 4 heterocycles. The maximum Gasteiger partial charge on any atom is 0.238 e. The minimum absolute atomic E-state index is 0.125. The highest BCUT2D eigenvalue weighted by atomic mass is 32.1. The zero-order chi connectivity index (χ0) is 40.4. The summed E-state index contributed by atoms with van der Waals surface area (Å²) < 4.78 is 7.39. The van der Waals surface area contributed by atoms with Crippen molar-refractivity contribution in [3.05, 3.63) is 181 Å². The van der Waals surface area contributed by atoms with Crippen LogP contribution in [0.5, 0.6) is 0 Å². The minimum Gasteiger partial charge on any atom is -0.278 e. The first-order chi connectivity index (χ1) is 30.0. The molecule has 0 aliphatic heterocycles. The van der Waals surface area contributed by atoms with Gasteiger partial charge in [0.15, 0.2) is 11.6 Å². The van der Waals surface area contributed by atoms with Gasteiger partial charge in [-0.05, 0) is 89.0 Å². The fraction of sp³-hybridized carbons (Fsp3) is 0.0556. The number of anilines is 3. The van der Waals surface area contributed by atoms with Crippen LogP contribution in [0, 0.1) is 0 Å². The molecule has 0 fully saturated rings. The van der Waals surface area contributed by atoms with Gasteiger partial charge < -0.3 is 0 Å². The average Bonchev–Trinajstić information content (AvgIpc) is 4.04. The summed E-state index contributed by atoms with van der Waals surface area (Å²) in [6.07, 6.45) is 0. The molecule has 4 nitrogen and oxygen atoms in total. The second kappa shape index (κ2) is 13.1. The molecule has 13 rings (SSSR count). The summed E-state index contributed by atoms with van der Waals surface area (Å²) >= 11 is 5.44. The standard InChI is InChI=1S/C54H34N4S3/c1-54(2)41-19-7-3-13-33(41)39-30-32(26-27-42(39)54)58(43-20-12-24-48-49(43)37-16-6-10-23-46(37)60-48)53-56-51(31-25-28-47-40(29-31)35-15-5-8-21-44(35)59-47)55-52(57-53)38-18-11-17-36-34-14-4-9-22-45(34)61-50(36)38/h3-30H,1-2H3. The van der Waals surface area contributed by atoms with E-state index >= 15 is 0 Å². The first-order valence-corrected chi connectivity index (χ1v) is 23.0. The van der Waals surface area contributed by atoms with Gasteiger partial charge >= 0.3 is 0 Å². The van der Waals surface area contributed by atoms with Gasteiger partial charge in [0, 0.05) is 82.7 Å². The molecule has 61 heavy (non-hydrogen) atoms. The van der Waals surface area contributed by atoms with E-state index in [-0.39, 0.29) is 5.41 Å². The molecule has 1 aliphatic carbocycles. The van der Waals surface area contributed by atoms with Gasteiger partial charge in [-0.15, -0.1) is 34.0 Å². The molecule has 0 atom stereocenters. The summed E-state index contributed by atoms with van der Waals surface area (Å²) in [6, 6.07) is 61.6. The van der Waals surface area contributed by atoms with E-state index in [1.54, 1.807) is 11.3 Å². The third-order valence-electron chi connectivity index (χ3n) is 12.6. The molecule has 0 unspecified atom stereocenters. The van der Waals surface area contributed by atoms with Crippen LogP contribution in [-0.4, -0.2) is 15.0 Å². The van der Waals surface area contributed by atoms with Crippen molar-refractivity contribution in [2.75, 3.05) is 4.90 Å². The molecule has 1 aliphatic rings. The topological polar surface area (TPSA) is 41.9 Å². The summed E-state index contributed by atoms with van der Waals surface area (Å²) in [5, 5.41) is 7.31. The predicted octanol–water partition coefficient (Wildman–Crippen LogP) is 16.1. The molecule has 4 aromatic heterocycles. The predicted molar refractivity (Wildman–Crippen MR) is 262 cm³/mol. The van der Waals surface area contributed by atoms with E-state index in [4.69, 9.17) is 15.0 Å². The highest BCUT2D eigenvalue weighted by molar-refractivity contribution is 7.26. The van der Waals surface area contributed by atoms with Crippen LogP contribution < -0.4 is 4.90 Å². The first kappa shape index (κ1) is 35.0. The van der Waals surface area contributed by atoms with Gasteiger partial charge in [0.2, 0.25) is 5.95 Å². The fourth-order valence-corrected chi connectivity index (χ4v) is 13.1. The Labute approximate surface area is 363 Å². The van der Waals surface area contributed by atoms with Gasteiger partial charge in [-0.1, -0.05) is 117 Å². The number of benzene rings is 8. The molecule has 0 radical (unpaired) electrons. The number of fused-ring (bicyclic) bond motifs is 12. The van der Waals surface area contributed by atoms with Gasteiger partial charge in [0.25, 0.3) is 0 Å². The van der Waals surface area contributed by atoms with Crippen LogP contribution in [0.4, 0.5) is 17.3 Å². The second-order valence-corrected chi connectivity index (χ2v) is 19.6. The fourth-order valence-electron chi connectivity index (χ4n) is 9.65. The van der Waals surface area contributed by atoms with Crippen molar-refractivity contribution in [3.63, 3.8) is 0 Å². The zero-order valence-corrected chi connectivity index (χ0v) is 35.6. The Morgan fingerprint density at radius 3 is 1.89 bits per heavy atom. The normalized spacial score (nSPS) is 13.2. The molecular weight excluding hydrogens is 801 g/mol. The molecule has 0 amide bonds. The Balaban J connectivity index is 1.12. The van der Waals surface area contributed by atoms with Crippen molar-refractivity contribution in [2.45, 2.75) is 19.3 Å². The van der Waals surface area contributed by atoms with Gasteiger partial charge in [-0.2, -0.15) is 9.97 Å². The second-order valence-electron chi connectivity index (χ2n) is 16.4. The van der Waals surface area contributed by atoms with Gasteiger partial charge in [0.05, 0.1) is 5.69 Å². The van der Waals surface area contributed by atoms with Crippen molar-refractivity contribution in [3.8, 4) is 33.9 Å². The highest BCUT2D eigenvalue weighted by Crippen LogP contribution is 2.52. The largest absolute Gasteiger partial charge is 0.278 e. The Kier molecular flexibility index (Phi) is 7.53. The Morgan fingerprint density at radius 1 is 0.426 bits per heavy atom. The lowest BCUT2D eigenvalue weighted by Gasteiger charge is -2.26. The van der Waals surface area contributed by atoms with Crippen LogP contribution in [0.25, 0.3) is 94.4 Å². The quantitative estimate of drug-likeness (QED) is 0.173. The Bertz CT molecular complexity index is 3780. The van der Waals surface area contributed by atoms with Crippen LogP contribution in [0.3, 0.4) is 0 Å². The number of hydrogen-bond donors (Lipinski definition) is 0. The summed E-state index contributed by atoms with van der Waals surface area (Å²) in [7, 11) is 0. The van der Waals surface area contributed by atoms with Gasteiger partial charge in [-0.25, -0.2) is 4.98 Å². The first-order valence-electron chi connectivity index (χ1n) is 20.5. The lowest BCUT2D eigenvalue weighted by Crippen LogP contribution is -2.17.